The lowest BCUT2D eigenvalue weighted by Gasteiger charge is -2.24. The molecule has 1 aromatic carbocycles. The minimum absolute atomic E-state index is 0.100. The van der Waals surface area contributed by atoms with Crippen molar-refractivity contribution in [2.45, 2.75) is 25.2 Å². The maximum atomic E-state index is 13.5. The van der Waals surface area contributed by atoms with E-state index in [2.05, 4.69) is 0 Å². The fraction of sp³-hybridized carbons (Fsp3) is 0.353. The molecule has 7 heteroatoms. The first kappa shape index (κ1) is 16.6. The summed E-state index contributed by atoms with van der Waals surface area (Å²) in [5.74, 6) is -1.73. The van der Waals surface area contributed by atoms with Crippen LogP contribution in [0.25, 0.3) is 0 Å². The number of carbonyl (C=O) groups is 1. The molecule has 1 N–H and O–H groups in total. The first-order chi connectivity index (χ1) is 11.5. The number of carbonyl (C=O) groups excluding carboxylic acids is 1. The number of hydrogen-bond acceptors (Lipinski definition) is 4. The summed E-state index contributed by atoms with van der Waals surface area (Å²) in [6.45, 7) is 0.339. The van der Waals surface area contributed by atoms with Crippen molar-refractivity contribution in [2.24, 2.45) is 0 Å². The molecule has 1 fully saturated rings. The molecule has 1 aliphatic rings. The number of amides is 1. The van der Waals surface area contributed by atoms with Crippen molar-refractivity contribution in [3.63, 3.8) is 0 Å². The lowest BCUT2D eigenvalue weighted by Crippen LogP contribution is -2.31. The standard InChI is InChI=1S/C17H17F2NO4/c1-23-9-12-3-5-16(24-12)17(22)20-8-11(21)7-15(20)10-2-4-13(18)14(19)6-10/h2-6,11,15,21H,7-9H2,1H3/t11-,15+/m0/s1. The summed E-state index contributed by atoms with van der Waals surface area (Å²) >= 11 is 0. The van der Waals surface area contributed by atoms with Crippen LogP contribution in [-0.4, -0.2) is 35.7 Å². The highest BCUT2D eigenvalue weighted by atomic mass is 19.2. The van der Waals surface area contributed by atoms with E-state index < -0.39 is 29.7 Å². The summed E-state index contributed by atoms with van der Waals surface area (Å²) < 4.78 is 37.0. The van der Waals surface area contributed by atoms with E-state index in [1.54, 1.807) is 6.07 Å². The van der Waals surface area contributed by atoms with Crippen LogP contribution in [0.4, 0.5) is 8.78 Å². The Hall–Kier alpha value is -2.25. The van der Waals surface area contributed by atoms with Crippen LogP contribution in [0.15, 0.2) is 34.7 Å². The maximum absolute atomic E-state index is 13.5. The first-order valence-corrected chi connectivity index (χ1v) is 7.51. The Morgan fingerprint density at radius 1 is 1.33 bits per heavy atom. The summed E-state index contributed by atoms with van der Waals surface area (Å²) in [5.41, 5.74) is 0.433. The molecule has 0 radical (unpaired) electrons. The molecule has 2 aromatic rings. The van der Waals surface area contributed by atoms with Crippen LogP contribution in [-0.2, 0) is 11.3 Å². The number of hydrogen-bond donors (Lipinski definition) is 1. The van der Waals surface area contributed by atoms with E-state index in [9.17, 15) is 18.7 Å². The second kappa shape index (κ2) is 6.70. The first-order valence-electron chi connectivity index (χ1n) is 7.51. The molecule has 0 spiro atoms. The molecular weight excluding hydrogens is 320 g/mol. The molecule has 0 saturated carbocycles. The van der Waals surface area contributed by atoms with Gasteiger partial charge in [0, 0.05) is 13.7 Å². The number of rotatable bonds is 4. The fourth-order valence-electron chi connectivity index (χ4n) is 2.93. The van der Waals surface area contributed by atoms with Gasteiger partial charge in [0.2, 0.25) is 0 Å². The molecule has 5 nitrogen and oxygen atoms in total. The molecule has 1 aromatic heterocycles. The summed E-state index contributed by atoms with van der Waals surface area (Å²) in [6.07, 6.45) is -0.483. The zero-order valence-corrected chi connectivity index (χ0v) is 13.0. The largest absolute Gasteiger partial charge is 0.453 e. The number of nitrogens with zero attached hydrogens (tertiary/aromatic N) is 1. The third-order valence-electron chi connectivity index (χ3n) is 4.03. The van der Waals surface area contributed by atoms with Gasteiger partial charge in [0.25, 0.3) is 5.91 Å². The van der Waals surface area contributed by atoms with Crippen molar-refractivity contribution in [3.8, 4) is 0 Å². The molecule has 1 aliphatic heterocycles. The highest BCUT2D eigenvalue weighted by Crippen LogP contribution is 2.34. The molecule has 128 valence electrons. The van der Waals surface area contributed by atoms with Crippen molar-refractivity contribution < 1.29 is 27.8 Å². The van der Waals surface area contributed by atoms with Crippen molar-refractivity contribution in [3.05, 3.63) is 59.1 Å². The van der Waals surface area contributed by atoms with Crippen molar-refractivity contribution in [1.82, 2.24) is 4.90 Å². The zero-order chi connectivity index (χ0) is 17.3. The van der Waals surface area contributed by atoms with E-state index >= 15 is 0 Å². The third-order valence-corrected chi connectivity index (χ3v) is 4.03. The Kier molecular flexibility index (Phi) is 4.64. The monoisotopic (exact) mass is 337 g/mol. The minimum atomic E-state index is -0.985. The van der Waals surface area contributed by atoms with Gasteiger partial charge in [-0.3, -0.25) is 4.79 Å². The molecule has 0 aliphatic carbocycles. The maximum Gasteiger partial charge on any atom is 0.290 e. The molecule has 0 unspecified atom stereocenters. The number of methoxy groups -OCH3 is 1. The summed E-state index contributed by atoms with van der Waals surface area (Å²) in [4.78, 5) is 14.1. The Bertz CT molecular complexity index is 746. The number of aliphatic hydroxyl groups excluding tert-OH is 1. The quantitative estimate of drug-likeness (QED) is 0.932. The Morgan fingerprint density at radius 3 is 2.83 bits per heavy atom. The van der Waals surface area contributed by atoms with E-state index in [1.807, 2.05) is 0 Å². The van der Waals surface area contributed by atoms with E-state index in [-0.39, 0.29) is 25.3 Å². The molecule has 1 saturated heterocycles. The number of likely N-dealkylation sites (tertiary alicyclic amines) is 1. The number of β-amino-alcohol motifs (C(OH)–C–C–N with tert-alkyl or cyclic N) is 1. The molecule has 1 amide bonds. The van der Waals surface area contributed by atoms with Crippen molar-refractivity contribution in [1.29, 1.82) is 0 Å². The third kappa shape index (κ3) is 3.18. The van der Waals surface area contributed by atoms with E-state index in [1.165, 1.54) is 24.1 Å². The summed E-state index contributed by atoms with van der Waals surface area (Å²) in [7, 11) is 1.51. The van der Waals surface area contributed by atoms with Crippen LogP contribution >= 0.6 is 0 Å². The number of ether oxygens (including phenoxy) is 1. The van der Waals surface area contributed by atoms with Crippen LogP contribution in [0.5, 0.6) is 0 Å². The number of halogens is 2. The average Bonchev–Trinajstić information content (AvgIpc) is 3.16. The second-order valence-electron chi connectivity index (χ2n) is 5.74. The van der Waals surface area contributed by atoms with Gasteiger partial charge < -0.3 is 19.2 Å². The Balaban J connectivity index is 1.86. The fourth-order valence-corrected chi connectivity index (χ4v) is 2.93. The normalized spacial score (nSPS) is 20.6. The van der Waals surface area contributed by atoms with Gasteiger partial charge in [-0.15, -0.1) is 0 Å². The molecule has 3 rings (SSSR count). The highest BCUT2D eigenvalue weighted by molar-refractivity contribution is 5.92. The average molecular weight is 337 g/mol. The minimum Gasteiger partial charge on any atom is -0.453 e. The lowest BCUT2D eigenvalue weighted by atomic mass is 10.0. The zero-order valence-electron chi connectivity index (χ0n) is 13.0. The van der Waals surface area contributed by atoms with Crippen LogP contribution in [0, 0.1) is 11.6 Å². The van der Waals surface area contributed by atoms with Gasteiger partial charge in [-0.1, -0.05) is 6.07 Å². The van der Waals surface area contributed by atoms with Gasteiger partial charge in [-0.25, -0.2) is 8.78 Å². The predicted octanol–water partition coefficient (Wildman–Crippen LogP) is 2.65. The van der Waals surface area contributed by atoms with Crippen LogP contribution in [0.3, 0.4) is 0 Å². The van der Waals surface area contributed by atoms with Gasteiger partial charge in [-0.05, 0) is 36.2 Å². The van der Waals surface area contributed by atoms with Gasteiger partial charge in [0.15, 0.2) is 17.4 Å². The topological polar surface area (TPSA) is 62.9 Å². The van der Waals surface area contributed by atoms with Crippen LogP contribution in [0.1, 0.15) is 34.3 Å². The lowest BCUT2D eigenvalue weighted by molar-refractivity contribution is 0.0676. The van der Waals surface area contributed by atoms with Crippen LogP contribution in [0.2, 0.25) is 0 Å². The van der Waals surface area contributed by atoms with Crippen molar-refractivity contribution >= 4 is 5.91 Å². The van der Waals surface area contributed by atoms with Gasteiger partial charge in [0.1, 0.15) is 12.4 Å². The van der Waals surface area contributed by atoms with Crippen LogP contribution < -0.4 is 0 Å². The predicted molar refractivity (Wildman–Crippen MR) is 80.2 cm³/mol. The number of furan rings is 1. The van der Waals surface area contributed by atoms with E-state index in [4.69, 9.17) is 9.15 Å². The molecular formula is C17H17F2NO4. The van der Waals surface area contributed by atoms with Crippen molar-refractivity contribution in [2.75, 3.05) is 13.7 Å². The molecule has 0 bridgehead atoms. The molecule has 24 heavy (non-hydrogen) atoms. The molecule has 2 heterocycles. The molecule has 2 atom stereocenters. The van der Waals surface area contributed by atoms with Gasteiger partial charge >= 0.3 is 0 Å². The highest BCUT2D eigenvalue weighted by Gasteiger charge is 2.37. The van der Waals surface area contributed by atoms with E-state index in [0.717, 1.165) is 12.1 Å². The second-order valence-corrected chi connectivity index (χ2v) is 5.74. The smallest absolute Gasteiger partial charge is 0.290 e. The number of aliphatic hydroxyl groups is 1. The van der Waals surface area contributed by atoms with E-state index in [0.29, 0.717) is 11.3 Å². The number of benzene rings is 1. The summed E-state index contributed by atoms with van der Waals surface area (Å²) in [6, 6.07) is 6.11. The summed E-state index contributed by atoms with van der Waals surface area (Å²) in [5, 5.41) is 9.93. The van der Waals surface area contributed by atoms with Gasteiger partial charge in [-0.2, -0.15) is 0 Å². The SMILES string of the molecule is COCc1ccc(C(=O)N2C[C@@H](O)C[C@@H]2c2ccc(F)c(F)c2)o1. The van der Waals surface area contributed by atoms with Gasteiger partial charge in [0.05, 0.1) is 12.1 Å². The Morgan fingerprint density at radius 2 is 2.12 bits per heavy atom. The Labute approximate surface area is 137 Å².